The van der Waals surface area contributed by atoms with Gasteiger partial charge in [0.1, 0.15) is 0 Å². The molecule has 4 heteroatoms. The number of carbonyl (C=O) groups excluding carboxylic acids is 1. The summed E-state index contributed by atoms with van der Waals surface area (Å²) in [6, 6.07) is 0. The second-order valence-electron chi connectivity index (χ2n) is 5.07. The predicted octanol–water partition coefficient (Wildman–Crippen LogP) is 1.25. The Morgan fingerprint density at radius 2 is 2.00 bits per heavy atom. The maximum absolute atomic E-state index is 11.7. The first kappa shape index (κ1) is 15.4. The second kappa shape index (κ2) is 7.63. The summed E-state index contributed by atoms with van der Waals surface area (Å²) in [6.45, 7) is 6.18. The smallest absolute Gasteiger partial charge is 0.222 e. The first-order valence-electron chi connectivity index (χ1n) is 5.86. The van der Waals surface area contributed by atoms with E-state index in [0.29, 0.717) is 19.5 Å². The van der Waals surface area contributed by atoms with Gasteiger partial charge in [0.05, 0.1) is 0 Å². The molecule has 0 saturated heterocycles. The Morgan fingerprint density at radius 3 is 2.50 bits per heavy atom. The monoisotopic (exact) mass is 230 g/mol. The topological polar surface area (TPSA) is 55.6 Å². The molecule has 0 aliphatic rings. The number of unbranched alkanes of at least 4 members (excludes halogenated alkanes) is 1. The summed E-state index contributed by atoms with van der Waals surface area (Å²) in [7, 11) is 3.52. The molecule has 0 aromatic rings. The third-order valence-corrected chi connectivity index (χ3v) is 2.63. The van der Waals surface area contributed by atoms with Gasteiger partial charge in [0, 0.05) is 33.7 Å². The number of hydrogen-bond donors (Lipinski definition) is 1. The number of amides is 1. The van der Waals surface area contributed by atoms with Crippen LogP contribution in [0.4, 0.5) is 0 Å². The van der Waals surface area contributed by atoms with Gasteiger partial charge in [0.2, 0.25) is 5.91 Å². The van der Waals surface area contributed by atoms with Gasteiger partial charge >= 0.3 is 0 Å². The fraction of sp³-hybridized carbons (Fsp3) is 0.917. The maximum Gasteiger partial charge on any atom is 0.222 e. The van der Waals surface area contributed by atoms with Crippen LogP contribution in [0.1, 0.15) is 33.1 Å². The van der Waals surface area contributed by atoms with Crippen molar-refractivity contribution in [3.05, 3.63) is 0 Å². The van der Waals surface area contributed by atoms with Crippen LogP contribution in [0, 0.1) is 5.41 Å². The lowest BCUT2D eigenvalue weighted by molar-refractivity contribution is -0.131. The zero-order chi connectivity index (χ0) is 12.6. The molecule has 0 rings (SSSR count). The minimum atomic E-state index is -0.00304. The zero-order valence-electron chi connectivity index (χ0n) is 11.1. The van der Waals surface area contributed by atoms with E-state index >= 15 is 0 Å². The molecule has 0 bridgehead atoms. The van der Waals surface area contributed by atoms with Crippen molar-refractivity contribution >= 4 is 5.91 Å². The average Bonchev–Trinajstić information content (AvgIpc) is 2.23. The summed E-state index contributed by atoms with van der Waals surface area (Å²) < 4.78 is 4.94. The molecule has 1 amide bonds. The number of carbonyl (C=O) groups is 1. The molecule has 0 heterocycles. The van der Waals surface area contributed by atoms with Crippen LogP contribution in [0.3, 0.4) is 0 Å². The minimum absolute atomic E-state index is 0.00304. The number of rotatable bonds is 8. The molecule has 0 aromatic carbocycles. The summed E-state index contributed by atoms with van der Waals surface area (Å²) in [5.74, 6) is 0.192. The Kier molecular flexibility index (Phi) is 7.34. The molecule has 0 aliphatic heterocycles. The molecule has 0 atom stereocenters. The van der Waals surface area contributed by atoms with Crippen LogP contribution in [-0.4, -0.2) is 44.7 Å². The first-order valence-corrected chi connectivity index (χ1v) is 5.86. The quantitative estimate of drug-likeness (QED) is 0.638. The molecule has 0 spiro atoms. The fourth-order valence-electron chi connectivity index (χ4n) is 1.51. The Morgan fingerprint density at radius 1 is 1.38 bits per heavy atom. The molecule has 16 heavy (non-hydrogen) atoms. The van der Waals surface area contributed by atoms with E-state index in [4.69, 9.17) is 10.5 Å². The molecule has 4 nitrogen and oxygen atoms in total. The Labute approximate surface area is 99.1 Å². The van der Waals surface area contributed by atoms with Crippen molar-refractivity contribution < 1.29 is 9.53 Å². The van der Waals surface area contributed by atoms with E-state index in [9.17, 15) is 4.79 Å². The Bertz CT molecular complexity index is 205. The van der Waals surface area contributed by atoms with Gasteiger partial charge in [-0.15, -0.1) is 0 Å². The molecule has 96 valence electrons. The van der Waals surface area contributed by atoms with E-state index in [0.717, 1.165) is 19.4 Å². The summed E-state index contributed by atoms with van der Waals surface area (Å²) in [4.78, 5) is 13.5. The number of ether oxygens (including phenoxy) is 1. The van der Waals surface area contributed by atoms with Crippen molar-refractivity contribution in [3.63, 3.8) is 0 Å². The normalized spacial score (nSPS) is 11.6. The number of nitrogens with zero attached hydrogens (tertiary/aromatic N) is 1. The van der Waals surface area contributed by atoms with Gasteiger partial charge in [-0.25, -0.2) is 0 Å². The van der Waals surface area contributed by atoms with Gasteiger partial charge in [-0.05, 0) is 24.8 Å². The SMILES string of the molecule is COCCCCC(=O)N(C)CC(C)(C)CN. The molecular formula is C12H26N2O2. The van der Waals surface area contributed by atoms with Gasteiger partial charge in [-0.1, -0.05) is 13.8 Å². The van der Waals surface area contributed by atoms with Gasteiger partial charge in [0.15, 0.2) is 0 Å². The molecule has 0 saturated carbocycles. The van der Waals surface area contributed by atoms with E-state index in [1.54, 1.807) is 12.0 Å². The minimum Gasteiger partial charge on any atom is -0.385 e. The molecular weight excluding hydrogens is 204 g/mol. The highest BCUT2D eigenvalue weighted by Gasteiger charge is 2.20. The maximum atomic E-state index is 11.7. The van der Waals surface area contributed by atoms with E-state index in [1.165, 1.54) is 0 Å². The standard InChI is InChI=1S/C12H26N2O2/c1-12(2,9-13)10-14(3)11(15)7-5-6-8-16-4/h5-10,13H2,1-4H3. The largest absolute Gasteiger partial charge is 0.385 e. The second-order valence-corrected chi connectivity index (χ2v) is 5.07. The van der Waals surface area contributed by atoms with Crippen LogP contribution in [0.5, 0.6) is 0 Å². The first-order chi connectivity index (χ1) is 7.43. The lowest BCUT2D eigenvalue weighted by Crippen LogP contribution is -2.39. The van der Waals surface area contributed by atoms with E-state index in [-0.39, 0.29) is 11.3 Å². The summed E-state index contributed by atoms with van der Waals surface area (Å²) >= 11 is 0. The lowest BCUT2D eigenvalue weighted by atomic mass is 9.93. The van der Waals surface area contributed by atoms with Crippen LogP contribution >= 0.6 is 0 Å². The van der Waals surface area contributed by atoms with Gasteiger partial charge in [-0.3, -0.25) is 4.79 Å². The van der Waals surface area contributed by atoms with Crippen molar-refractivity contribution in [1.82, 2.24) is 4.90 Å². The van der Waals surface area contributed by atoms with Crippen molar-refractivity contribution in [2.75, 3.05) is 33.9 Å². The van der Waals surface area contributed by atoms with Crippen LogP contribution < -0.4 is 5.73 Å². The predicted molar refractivity (Wildman–Crippen MR) is 66.2 cm³/mol. The van der Waals surface area contributed by atoms with Crippen molar-refractivity contribution in [3.8, 4) is 0 Å². The highest BCUT2D eigenvalue weighted by Crippen LogP contribution is 2.14. The van der Waals surface area contributed by atoms with E-state index < -0.39 is 0 Å². The highest BCUT2D eigenvalue weighted by molar-refractivity contribution is 5.75. The fourth-order valence-corrected chi connectivity index (χ4v) is 1.51. The average molecular weight is 230 g/mol. The lowest BCUT2D eigenvalue weighted by Gasteiger charge is -2.29. The van der Waals surface area contributed by atoms with Gasteiger partial charge in [-0.2, -0.15) is 0 Å². The Balaban J connectivity index is 3.82. The zero-order valence-corrected chi connectivity index (χ0v) is 11.1. The summed E-state index contributed by atoms with van der Waals surface area (Å²) in [5.41, 5.74) is 5.64. The van der Waals surface area contributed by atoms with Gasteiger partial charge in [0.25, 0.3) is 0 Å². The van der Waals surface area contributed by atoms with E-state index in [2.05, 4.69) is 13.8 Å². The van der Waals surface area contributed by atoms with Crippen LogP contribution in [0.2, 0.25) is 0 Å². The van der Waals surface area contributed by atoms with Crippen LogP contribution in [0.25, 0.3) is 0 Å². The summed E-state index contributed by atoms with van der Waals surface area (Å²) in [6.07, 6.45) is 2.43. The number of hydrogen-bond acceptors (Lipinski definition) is 3. The molecule has 0 unspecified atom stereocenters. The molecule has 0 aliphatic carbocycles. The third kappa shape index (κ3) is 6.80. The van der Waals surface area contributed by atoms with Crippen molar-refractivity contribution in [1.29, 1.82) is 0 Å². The molecule has 0 aromatic heterocycles. The number of methoxy groups -OCH3 is 1. The molecule has 2 N–H and O–H groups in total. The van der Waals surface area contributed by atoms with Crippen molar-refractivity contribution in [2.45, 2.75) is 33.1 Å². The molecule has 0 fully saturated rings. The van der Waals surface area contributed by atoms with Crippen LogP contribution in [0.15, 0.2) is 0 Å². The third-order valence-electron chi connectivity index (χ3n) is 2.63. The van der Waals surface area contributed by atoms with E-state index in [1.807, 2.05) is 7.05 Å². The summed E-state index contributed by atoms with van der Waals surface area (Å²) in [5, 5.41) is 0. The number of nitrogens with two attached hydrogens (primary N) is 1. The highest BCUT2D eigenvalue weighted by atomic mass is 16.5. The Hall–Kier alpha value is -0.610. The van der Waals surface area contributed by atoms with Gasteiger partial charge < -0.3 is 15.4 Å². The van der Waals surface area contributed by atoms with Crippen LogP contribution in [-0.2, 0) is 9.53 Å². The molecule has 0 radical (unpaired) electrons. The van der Waals surface area contributed by atoms with Crippen molar-refractivity contribution in [2.24, 2.45) is 11.1 Å².